The smallest absolute Gasteiger partial charge is 0.375 e. The maximum absolute atomic E-state index is 13.0. The number of guanidine groups is 1. The van der Waals surface area contributed by atoms with Crippen LogP contribution in [0.1, 0.15) is 23.7 Å². The topological polar surface area (TPSA) is 63.5 Å². The standard InChI is InChI=1S/C18H24F3N5O/c1-3-22-17(23-9-10-27-13-14-7-5-4-6-8-14)24-11-15-12-26(2)25-16(15)18(19,20)21/h4-8,12H,3,9-11,13H2,1-2H3,(H2,22,23,24). The van der Waals surface area contributed by atoms with Crippen LogP contribution in [-0.4, -0.2) is 35.4 Å². The number of halogens is 3. The molecule has 1 aromatic heterocycles. The molecule has 0 amide bonds. The number of aryl methyl sites for hydroxylation is 1. The summed E-state index contributed by atoms with van der Waals surface area (Å²) in [6, 6.07) is 9.79. The molecule has 1 heterocycles. The molecule has 0 aliphatic rings. The van der Waals surface area contributed by atoms with Gasteiger partial charge in [0.1, 0.15) is 0 Å². The van der Waals surface area contributed by atoms with Gasteiger partial charge in [-0.1, -0.05) is 30.3 Å². The predicted octanol–water partition coefficient (Wildman–Crippen LogP) is 2.71. The molecule has 2 rings (SSSR count). The van der Waals surface area contributed by atoms with Crippen LogP contribution in [0.4, 0.5) is 13.2 Å². The van der Waals surface area contributed by atoms with Gasteiger partial charge >= 0.3 is 6.18 Å². The highest BCUT2D eigenvalue weighted by atomic mass is 19.4. The molecule has 0 unspecified atom stereocenters. The van der Waals surface area contributed by atoms with Crippen molar-refractivity contribution < 1.29 is 17.9 Å². The van der Waals surface area contributed by atoms with Gasteiger partial charge in [0.2, 0.25) is 0 Å². The van der Waals surface area contributed by atoms with Gasteiger partial charge in [0.05, 0.1) is 19.8 Å². The number of aromatic nitrogens is 2. The molecule has 0 atom stereocenters. The highest BCUT2D eigenvalue weighted by Gasteiger charge is 2.36. The third-order valence-electron chi connectivity index (χ3n) is 3.58. The lowest BCUT2D eigenvalue weighted by molar-refractivity contribution is -0.142. The van der Waals surface area contributed by atoms with Crippen LogP contribution < -0.4 is 10.6 Å². The minimum absolute atomic E-state index is 0.0301. The van der Waals surface area contributed by atoms with Crippen LogP contribution in [0.5, 0.6) is 0 Å². The van der Waals surface area contributed by atoms with E-state index in [4.69, 9.17) is 4.74 Å². The van der Waals surface area contributed by atoms with E-state index in [0.29, 0.717) is 32.3 Å². The first-order valence-electron chi connectivity index (χ1n) is 8.63. The van der Waals surface area contributed by atoms with Crippen molar-refractivity contribution in [1.82, 2.24) is 20.4 Å². The lowest BCUT2D eigenvalue weighted by atomic mass is 10.2. The highest BCUT2D eigenvalue weighted by molar-refractivity contribution is 5.79. The van der Waals surface area contributed by atoms with Crippen molar-refractivity contribution in [2.24, 2.45) is 12.0 Å². The number of ether oxygens (including phenoxy) is 1. The van der Waals surface area contributed by atoms with Crippen LogP contribution in [0.25, 0.3) is 0 Å². The van der Waals surface area contributed by atoms with Gasteiger partial charge in [0, 0.05) is 31.9 Å². The number of hydrogen-bond acceptors (Lipinski definition) is 3. The predicted molar refractivity (Wildman–Crippen MR) is 97.1 cm³/mol. The number of aliphatic imine (C=N–C) groups is 1. The minimum atomic E-state index is -4.50. The maximum atomic E-state index is 13.0. The van der Waals surface area contributed by atoms with Gasteiger partial charge in [-0.05, 0) is 12.5 Å². The van der Waals surface area contributed by atoms with Crippen molar-refractivity contribution in [2.75, 3.05) is 19.7 Å². The van der Waals surface area contributed by atoms with E-state index in [1.807, 2.05) is 37.3 Å². The van der Waals surface area contributed by atoms with E-state index in [9.17, 15) is 13.2 Å². The summed E-state index contributed by atoms with van der Waals surface area (Å²) in [6.07, 6.45) is -3.16. The Hall–Kier alpha value is -2.55. The van der Waals surface area contributed by atoms with Crippen LogP contribution in [0.3, 0.4) is 0 Å². The molecule has 0 aliphatic heterocycles. The van der Waals surface area contributed by atoms with Gasteiger partial charge in [0.15, 0.2) is 11.7 Å². The number of benzene rings is 1. The van der Waals surface area contributed by atoms with E-state index in [1.165, 1.54) is 13.2 Å². The molecule has 148 valence electrons. The fraction of sp³-hybridized carbons (Fsp3) is 0.444. The molecule has 0 radical (unpaired) electrons. The van der Waals surface area contributed by atoms with Crippen molar-refractivity contribution in [3.8, 4) is 0 Å². The second kappa shape index (κ2) is 9.96. The van der Waals surface area contributed by atoms with Gasteiger partial charge in [0.25, 0.3) is 0 Å². The van der Waals surface area contributed by atoms with Gasteiger partial charge in [-0.3, -0.25) is 4.68 Å². The number of hydrogen-bond donors (Lipinski definition) is 2. The molecular formula is C18H24F3N5O. The zero-order chi connectivity index (χ0) is 19.7. The minimum Gasteiger partial charge on any atom is -0.375 e. The molecule has 27 heavy (non-hydrogen) atoms. The summed E-state index contributed by atoms with van der Waals surface area (Å²) in [5.41, 5.74) is 0.202. The molecule has 2 aromatic rings. The zero-order valence-electron chi connectivity index (χ0n) is 15.4. The normalized spacial score (nSPS) is 12.3. The Balaban J connectivity index is 1.85. The average Bonchev–Trinajstić information content (AvgIpc) is 3.01. The molecule has 0 spiro atoms. The van der Waals surface area contributed by atoms with E-state index in [2.05, 4.69) is 20.7 Å². The Bertz CT molecular complexity index is 728. The van der Waals surface area contributed by atoms with E-state index in [-0.39, 0.29) is 12.1 Å². The highest BCUT2D eigenvalue weighted by Crippen LogP contribution is 2.30. The fourth-order valence-corrected chi connectivity index (χ4v) is 2.40. The first-order valence-corrected chi connectivity index (χ1v) is 8.63. The molecule has 0 fully saturated rings. The van der Waals surface area contributed by atoms with Gasteiger partial charge in [-0.15, -0.1) is 0 Å². The Kier molecular flexibility index (Phi) is 7.66. The lowest BCUT2D eigenvalue weighted by Crippen LogP contribution is -2.39. The quantitative estimate of drug-likeness (QED) is 0.418. The van der Waals surface area contributed by atoms with E-state index >= 15 is 0 Å². The van der Waals surface area contributed by atoms with Crippen molar-refractivity contribution in [2.45, 2.75) is 26.3 Å². The number of nitrogens with zero attached hydrogens (tertiary/aromatic N) is 3. The molecule has 0 aliphatic carbocycles. The fourth-order valence-electron chi connectivity index (χ4n) is 2.40. The summed E-state index contributed by atoms with van der Waals surface area (Å²) in [6.45, 7) is 3.78. The van der Waals surface area contributed by atoms with E-state index < -0.39 is 11.9 Å². The molecule has 0 saturated heterocycles. The largest absolute Gasteiger partial charge is 0.435 e. The van der Waals surface area contributed by atoms with E-state index in [1.54, 1.807) is 0 Å². The van der Waals surface area contributed by atoms with Crippen molar-refractivity contribution in [3.63, 3.8) is 0 Å². The third kappa shape index (κ3) is 6.93. The Morgan fingerprint density at radius 1 is 1.22 bits per heavy atom. The molecular weight excluding hydrogens is 359 g/mol. The second-order valence-corrected chi connectivity index (χ2v) is 5.83. The Labute approximate surface area is 156 Å². The van der Waals surface area contributed by atoms with Crippen molar-refractivity contribution in [1.29, 1.82) is 0 Å². The second-order valence-electron chi connectivity index (χ2n) is 5.83. The molecule has 0 bridgehead atoms. The van der Waals surface area contributed by atoms with Crippen LogP contribution in [0.2, 0.25) is 0 Å². The van der Waals surface area contributed by atoms with Crippen molar-refractivity contribution >= 4 is 5.96 Å². The summed E-state index contributed by atoms with van der Waals surface area (Å²) < 4.78 is 45.7. The van der Waals surface area contributed by atoms with Crippen LogP contribution in [-0.2, 0) is 31.1 Å². The first-order chi connectivity index (χ1) is 12.9. The summed E-state index contributed by atoms with van der Waals surface area (Å²) in [4.78, 5) is 4.21. The maximum Gasteiger partial charge on any atom is 0.435 e. The number of alkyl halides is 3. The SMILES string of the molecule is CCNC(=NCc1cn(C)nc1C(F)(F)F)NCCOCc1ccccc1. The van der Waals surface area contributed by atoms with Crippen molar-refractivity contribution in [3.05, 3.63) is 53.3 Å². The molecule has 1 aromatic carbocycles. The van der Waals surface area contributed by atoms with Gasteiger partial charge in [-0.25, -0.2) is 4.99 Å². The van der Waals surface area contributed by atoms with Gasteiger partial charge < -0.3 is 15.4 Å². The average molecular weight is 383 g/mol. The Morgan fingerprint density at radius 2 is 1.96 bits per heavy atom. The zero-order valence-corrected chi connectivity index (χ0v) is 15.4. The molecule has 9 heteroatoms. The molecule has 0 saturated carbocycles. The third-order valence-corrected chi connectivity index (χ3v) is 3.58. The van der Waals surface area contributed by atoms with Gasteiger partial charge in [-0.2, -0.15) is 18.3 Å². The number of rotatable bonds is 8. The summed E-state index contributed by atoms with van der Waals surface area (Å²) in [5.74, 6) is 0.429. The first kappa shape index (κ1) is 20.8. The lowest BCUT2D eigenvalue weighted by Gasteiger charge is -2.12. The van der Waals surface area contributed by atoms with E-state index in [0.717, 1.165) is 10.2 Å². The number of nitrogens with one attached hydrogen (secondary N) is 2. The summed E-state index contributed by atoms with van der Waals surface area (Å²) in [7, 11) is 1.45. The Morgan fingerprint density at radius 3 is 2.63 bits per heavy atom. The van der Waals surface area contributed by atoms with Crippen LogP contribution in [0.15, 0.2) is 41.5 Å². The molecule has 2 N–H and O–H groups in total. The van der Waals surface area contributed by atoms with Crippen LogP contribution >= 0.6 is 0 Å². The summed E-state index contributed by atoms with van der Waals surface area (Å²) in [5, 5.41) is 9.53. The van der Waals surface area contributed by atoms with Crippen LogP contribution in [0, 0.1) is 0 Å². The monoisotopic (exact) mass is 383 g/mol. The molecule has 6 nitrogen and oxygen atoms in total. The summed E-state index contributed by atoms with van der Waals surface area (Å²) >= 11 is 0.